The second-order valence-electron chi connectivity index (χ2n) is 4.79. The average Bonchev–Trinajstić information content (AvgIpc) is 3.02. The topological polar surface area (TPSA) is 46.5 Å². The van der Waals surface area contributed by atoms with E-state index in [4.69, 9.17) is 0 Å². The van der Waals surface area contributed by atoms with E-state index in [0.29, 0.717) is 5.69 Å². The summed E-state index contributed by atoms with van der Waals surface area (Å²) in [5.41, 5.74) is 1.33. The zero-order valence-corrected chi connectivity index (χ0v) is 12.8. The molecule has 0 aliphatic rings. The van der Waals surface area contributed by atoms with Crippen LogP contribution in [0.3, 0.4) is 0 Å². The van der Waals surface area contributed by atoms with E-state index in [1.807, 2.05) is 6.92 Å². The van der Waals surface area contributed by atoms with E-state index in [9.17, 15) is 22.8 Å². The Bertz CT molecular complexity index is 719. The molecule has 3 nitrogen and oxygen atoms in total. The number of carbonyl (C=O) groups excluding carboxylic acids is 2. The third-order valence-corrected chi connectivity index (χ3v) is 3.90. The number of hydrogen-bond donors (Lipinski definition) is 0. The summed E-state index contributed by atoms with van der Waals surface area (Å²) in [5, 5.41) is 1.56. The number of nitrogens with zero attached hydrogens (tertiary/aromatic N) is 1. The zero-order valence-electron chi connectivity index (χ0n) is 12.0. The Morgan fingerprint density at radius 3 is 2.35 bits per heavy atom. The van der Waals surface area contributed by atoms with E-state index in [2.05, 4.69) is 4.99 Å². The largest absolute Gasteiger partial charge is 0.451 e. The van der Waals surface area contributed by atoms with Crippen LogP contribution in [0.4, 0.5) is 18.9 Å². The fraction of sp³-hybridized carbons (Fsp3) is 0.188. The fourth-order valence-electron chi connectivity index (χ4n) is 1.79. The van der Waals surface area contributed by atoms with Crippen molar-refractivity contribution in [2.24, 2.45) is 10.9 Å². The van der Waals surface area contributed by atoms with Gasteiger partial charge in [-0.15, -0.1) is 11.3 Å². The second kappa shape index (κ2) is 6.87. The Labute approximate surface area is 134 Å². The highest BCUT2D eigenvalue weighted by molar-refractivity contribution is 7.12. The van der Waals surface area contributed by atoms with Gasteiger partial charge in [0.25, 0.3) is 5.78 Å². The van der Waals surface area contributed by atoms with Gasteiger partial charge < -0.3 is 0 Å². The molecule has 2 aromatic rings. The Balaban J connectivity index is 2.32. The number of thiophene rings is 1. The number of benzene rings is 1. The summed E-state index contributed by atoms with van der Waals surface area (Å²) in [5.74, 6) is -5.00. The van der Waals surface area contributed by atoms with Crippen LogP contribution in [-0.2, 0) is 4.79 Å². The maximum Gasteiger partial charge on any atom is 0.451 e. The first-order valence-electron chi connectivity index (χ1n) is 6.58. The van der Waals surface area contributed by atoms with Crippen molar-refractivity contribution in [2.75, 3.05) is 0 Å². The molecule has 1 heterocycles. The highest BCUT2D eigenvalue weighted by Crippen LogP contribution is 2.25. The molecule has 0 amide bonds. The molecule has 0 saturated carbocycles. The minimum atomic E-state index is -5.10. The molecule has 0 saturated heterocycles. The first-order chi connectivity index (χ1) is 10.8. The predicted octanol–water partition coefficient (Wildman–Crippen LogP) is 4.39. The van der Waals surface area contributed by atoms with Crippen LogP contribution < -0.4 is 0 Å². The van der Waals surface area contributed by atoms with Crippen LogP contribution in [0.5, 0.6) is 0 Å². The van der Waals surface area contributed by atoms with E-state index >= 15 is 0 Å². The molecule has 1 atom stereocenters. The summed E-state index contributed by atoms with van der Waals surface area (Å²) in [6.45, 7) is 1.85. The van der Waals surface area contributed by atoms with Gasteiger partial charge >= 0.3 is 6.18 Å². The van der Waals surface area contributed by atoms with Crippen molar-refractivity contribution in [3.05, 3.63) is 52.2 Å². The molecule has 0 N–H and O–H groups in total. The molecule has 0 radical (unpaired) electrons. The van der Waals surface area contributed by atoms with Crippen molar-refractivity contribution in [1.82, 2.24) is 0 Å². The van der Waals surface area contributed by atoms with Crippen molar-refractivity contribution in [3.8, 4) is 0 Å². The molecule has 0 spiro atoms. The summed E-state index contributed by atoms with van der Waals surface area (Å²) in [4.78, 5) is 27.6. The minimum Gasteiger partial charge on any atom is -0.292 e. The summed E-state index contributed by atoms with van der Waals surface area (Å²) in [6.07, 6.45) is -4.33. The molecule has 7 heteroatoms. The molecule has 0 bridgehead atoms. The highest BCUT2D eigenvalue weighted by atomic mass is 32.1. The molecular formula is C16H12F3NO2S. The number of hydrogen-bond acceptors (Lipinski definition) is 4. The lowest BCUT2D eigenvalue weighted by Gasteiger charge is -2.11. The standard InChI is InChI=1S/C16H12F3NO2S/c1-10-4-6-11(7-5-10)20-9-12(15(22)16(17,18)19)14(21)13-3-2-8-23-13/h2-9,12H,1H3. The van der Waals surface area contributed by atoms with Crippen LogP contribution in [-0.4, -0.2) is 24.0 Å². The monoisotopic (exact) mass is 339 g/mol. The normalized spacial score (nSPS) is 13.2. The van der Waals surface area contributed by atoms with Gasteiger partial charge in [-0.2, -0.15) is 13.2 Å². The van der Waals surface area contributed by atoms with Crippen molar-refractivity contribution in [3.63, 3.8) is 0 Å². The maximum absolute atomic E-state index is 12.7. The van der Waals surface area contributed by atoms with Gasteiger partial charge in [-0.05, 0) is 30.5 Å². The van der Waals surface area contributed by atoms with Crippen LogP contribution in [0.1, 0.15) is 15.2 Å². The van der Waals surface area contributed by atoms with E-state index < -0.39 is 23.7 Å². The van der Waals surface area contributed by atoms with Crippen LogP contribution in [0.15, 0.2) is 46.8 Å². The molecule has 1 unspecified atom stereocenters. The number of aryl methyl sites for hydroxylation is 1. The molecule has 23 heavy (non-hydrogen) atoms. The van der Waals surface area contributed by atoms with E-state index in [-0.39, 0.29) is 4.88 Å². The van der Waals surface area contributed by atoms with Crippen molar-refractivity contribution in [1.29, 1.82) is 0 Å². The van der Waals surface area contributed by atoms with Gasteiger partial charge in [0.15, 0.2) is 5.78 Å². The van der Waals surface area contributed by atoms with Gasteiger partial charge in [0, 0.05) is 6.21 Å². The molecule has 0 fully saturated rings. The van der Waals surface area contributed by atoms with Gasteiger partial charge in [0.05, 0.1) is 10.6 Å². The zero-order chi connectivity index (χ0) is 17.0. The number of carbonyl (C=O) groups is 2. The first-order valence-corrected chi connectivity index (χ1v) is 7.46. The van der Waals surface area contributed by atoms with E-state index in [1.54, 1.807) is 29.6 Å². The molecule has 1 aromatic heterocycles. The average molecular weight is 339 g/mol. The molecule has 0 aliphatic heterocycles. The maximum atomic E-state index is 12.7. The summed E-state index contributed by atoms with van der Waals surface area (Å²) in [7, 11) is 0. The van der Waals surface area contributed by atoms with Gasteiger partial charge in [0.2, 0.25) is 0 Å². The van der Waals surface area contributed by atoms with Crippen LogP contribution in [0, 0.1) is 12.8 Å². The van der Waals surface area contributed by atoms with E-state index in [0.717, 1.165) is 23.1 Å². The number of alkyl halides is 3. The van der Waals surface area contributed by atoms with Crippen molar-refractivity contribution >= 4 is 34.8 Å². The van der Waals surface area contributed by atoms with Crippen LogP contribution in [0.2, 0.25) is 0 Å². The molecule has 1 aromatic carbocycles. The quantitative estimate of drug-likeness (QED) is 0.461. The smallest absolute Gasteiger partial charge is 0.292 e. The van der Waals surface area contributed by atoms with Crippen molar-refractivity contribution < 1.29 is 22.8 Å². The van der Waals surface area contributed by atoms with Gasteiger partial charge in [-0.25, -0.2) is 0 Å². The summed E-state index contributed by atoms with van der Waals surface area (Å²) < 4.78 is 38.2. The molecule has 120 valence electrons. The summed E-state index contributed by atoms with van der Waals surface area (Å²) >= 11 is 0.980. The minimum absolute atomic E-state index is 0.0861. The predicted molar refractivity (Wildman–Crippen MR) is 82.5 cm³/mol. The summed E-state index contributed by atoms with van der Waals surface area (Å²) in [6, 6.07) is 9.56. The number of halogens is 3. The molecular weight excluding hydrogens is 327 g/mol. The number of rotatable bonds is 5. The second-order valence-corrected chi connectivity index (χ2v) is 5.74. The lowest BCUT2D eigenvalue weighted by Crippen LogP contribution is -2.36. The third kappa shape index (κ3) is 4.35. The number of Topliss-reactive ketones (excluding diaryl/α,β-unsaturated/α-hetero) is 2. The van der Waals surface area contributed by atoms with Gasteiger partial charge in [-0.1, -0.05) is 23.8 Å². The van der Waals surface area contributed by atoms with Crippen LogP contribution in [0.25, 0.3) is 0 Å². The lowest BCUT2D eigenvalue weighted by atomic mass is 9.98. The lowest BCUT2D eigenvalue weighted by molar-refractivity contribution is -0.171. The number of aliphatic imine (C=N–C) groups is 1. The van der Waals surface area contributed by atoms with Crippen LogP contribution >= 0.6 is 11.3 Å². The first kappa shape index (κ1) is 17.1. The Hall–Kier alpha value is -2.28. The van der Waals surface area contributed by atoms with Gasteiger partial charge in [-0.3, -0.25) is 14.6 Å². The van der Waals surface area contributed by atoms with Crippen molar-refractivity contribution in [2.45, 2.75) is 13.1 Å². The van der Waals surface area contributed by atoms with E-state index in [1.165, 1.54) is 12.1 Å². The van der Waals surface area contributed by atoms with Gasteiger partial charge in [0.1, 0.15) is 5.92 Å². The molecule has 2 rings (SSSR count). The fourth-order valence-corrected chi connectivity index (χ4v) is 2.50. The number of ketones is 2. The third-order valence-electron chi connectivity index (χ3n) is 3.02. The molecule has 0 aliphatic carbocycles. The Morgan fingerprint density at radius 2 is 1.83 bits per heavy atom. The SMILES string of the molecule is Cc1ccc(N=CC(C(=O)c2cccs2)C(=O)C(F)(F)F)cc1. The highest BCUT2D eigenvalue weighted by Gasteiger charge is 2.45. The Kier molecular flexibility index (Phi) is 5.10. The Morgan fingerprint density at radius 1 is 1.17 bits per heavy atom.